The van der Waals surface area contributed by atoms with E-state index in [1.807, 2.05) is 56.6 Å². The Bertz CT molecular complexity index is 706. The van der Waals surface area contributed by atoms with E-state index in [9.17, 15) is 0 Å². The second-order valence-corrected chi connectivity index (χ2v) is 5.50. The van der Waals surface area contributed by atoms with Gasteiger partial charge in [-0.05, 0) is 24.3 Å². The van der Waals surface area contributed by atoms with Gasteiger partial charge in [-0.15, -0.1) is 0 Å². The van der Waals surface area contributed by atoms with Crippen molar-refractivity contribution in [2.24, 2.45) is 0 Å². The summed E-state index contributed by atoms with van der Waals surface area (Å²) in [6, 6.07) is 18.1. The molecular weight excluding hydrogens is 282 g/mol. The Balaban J connectivity index is 1.75. The van der Waals surface area contributed by atoms with Crippen molar-refractivity contribution in [1.82, 2.24) is 9.59 Å². The molecule has 0 bridgehead atoms. The molecule has 0 fully saturated rings. The monoisotopic (exact) mass is 298 g/mol. The number of aromatic nitrogens is 3. The molecule has 21 heavy (non-hydrogen) atoms. The molecule has 1 N–H and O–H groups in total. The van der Waals surface area contributed by atoms with E-state index in [1.54, 1.807) is 4.80 Å². The second kappa shape index (κ2) is 5.88. The molecule has 5 nitrogen and oxygen atoms in total. The van der Waals surface area contributed by atoms with Gasteiger partial charge < -0.3 is 10.2 Å². The Labute approximate surface area is 127 Å². The van der Waals surface area contributed by atoms with Gasteiger partial charge in [0.15, 0.2) is 0 Å². The lowest BCUT2D eigenvalue weighted by Gasteiger charge is -2.12. The van der Waals surface area contributed by atoms with Crippen molar-refractivity contribution in [2.45, 2.75) is 0 Å². The summed E-state index contributed by atoms with van der Waals surface area (Å²) >= 11 is 1.33. The van der Waals surface area contributed by atoms with Crippen LogP contribution in [0.3, 0.4) is 0 Å². The average molecular weight is 298 g/mol. The highest BCUT2D eigenvalue weighted by atomic mass is 32.1. The van der Waals surface area contributed by atoms with Crippen molar-refractivity contribution in [3.63, 3.8) is 0 Å². The predicted octanol–water partition coefficient (Wildman–Crippen LogP) is 2.62. The second-order valence-electron chi connectivity index (χ2n) is 4.77. The Morgan fingerprint density at radius 1 is 1.00 bits per heavy atom. The van der Waals surface area contributed by atoms with E-state index in [-0.39, 0.29) is 0 Å². The first-order valence-electron chi connectivity index (χ1n) is 6.58. The van der Waals surface area contributed by atoms with Gasteiger partial charge >= 0.3 is 0 Å². The topological polar surface area (TPSA) is 44.9 Å². The summed E-state index contributed by atoms with van der Waals surface area (Å²) < 4.78 is 4.30. The highest BCUT2D eigenvalue weighted by molar-refractivity contribution is 7.09. The number of benzene rings is 2. The summed E-state index contributed by atoms with van der Waals surface area (Å²) in [4.78, 5) is 3.69. The predicted molar refractivity (Wildman–Crippen MR) is 85.5 cm³/mol. The van der Waals surface area contributed by atoms with Gasteiger partial charge in [0.25, 0.3) is 10.8 Å². The first-order chi connectivity index (χ1) is 10.2. The van der Waals surface area contributed by atoms with Gasteiger partial charge in [0, 0.05) is 37.6 Å². The molecule has 3 rings (SSSR count). The van der Waals surface area contributed by atoms with Crippen LogP contribution in [-0.4, -0.2) is 23.7 Å². The summed E-state index contributed by atoms with van der Waals surface area (Å²) in [5.41, 5.74) is 3.11. The third-order valence-corrected chi connectivity index (χ3v) is 3.61. The van der Waals surface area contributed by atoms with Crippen molar-refractivity contribution in [2.75, 3.05) is 24.3 Å². The fourth-order valence-corrected chi connectivity index (χ4v) is 2.44. The third-order valence-electron chi connectivity index (χ3n) is 3.01. The van der Waals surface area contributed by atoms with Gasteiger partial charge in [-0.25, -0.2) is 0 Å². The Morgan fingerprint density at radius 2 is 1.71 bits per heavy atom. The van der Waals surface area contributed by atoms with Crippen molar-refractivity contribution >= 4 is 28.0 Å². The minimum atomic E-state index is 0.761. The highest BCUT2D eigenvalue weighted by Gasteiger charge is 2.14. The number of para-hydroxylation sites is 1. The molecule has 0 aliphatic carbocycles. The lowest BCUT2D eigenvalue weighted by atomic mass is 10.2. The van der Waals surface area contributed by atoms with E-state index in [2.05, 4.69) is 31.9 Å². The Hall–Kier alpha value is -2.47. The maximum absolute atomic E-state index is 4.44. The first-order valence-corrected chi connectivity index (χ1v) is 7.36. The number of rotatable bonds is 4. The van der Waals surface area contributed by atoms with E-state index in [1.165, 1.54) is 11.5 Å². The van der Waals surface area contributed by atoms with Crippen LogP contribution in [0.15, 0.2) is 54.6 Å². The molecule has 0 saturated carbocycles. The Morgan fingerprint density at radius 3 is 2.38 bits per heavy atom. The molecule has 0 aliphatic rings. The largest absolute Gasteiger partial charge is 0.378 e. The molecule has 2 aromatic carbocycles. The standard InChI is InChI=1S/C15H16N5S/c1-19(2)13-10-8-12(9-11-13)16-15-17-20(18-21-15)14-6-4-3-5-7-14/h3-11H,1-2H3,(H,16,17,18)/q+1. The minimum absolute atomic E-state index is 0.761. The summed E-state index contributed by atoms with van der Waals surface area (Å²) in [6.45, 7) is 0. The molecule has 0 amide bonds. The lowest BCUT2D eigenvalue weighted by molar-refractivity contribution is -0.709. The molecule has 0 radical (unpaired) electrons. The third kappa shape index (κ3) is 3.17. The van der Waals surface area contributed by atoms with Gasteiger partial charge in [0.1, 0.15) is 4.49 Å². The zero-order valence-corrected chi connectivity index (χ0v) is 12.7. The molecule has 0 saturated heterocycles. The molecule has 6 heteroatoms. The zero-order chi connectivity index (χ0) is 14.7. The van der Waals surface area contributed by atoms with E-state index in [4.69, 9.17) is 0 Å². The van der Waals surface area contributed by atoms with Crippen LogP contribution in [0.5, 0.6) is 0 Å². The summed E-state index contributed by atoms with van der Waals surface area (Å²) in [6.07, 6.45) is 0. The van der Waals surface area contributed by atoms with E-state index >= 15 is 0 Å². The van der Waals surface area contributed by atoms with Crippen molar-refractivity contribution in [3.8, 4) is 5.69 Å². The quantitative estimate of drug-likeness (QED) is 0.752. The number of hydrogen-bond acceptors (Lipinski definition) is 5. The minimum Gasteiger partial charge on any atom is -0.378 e. The van der Waals surface area contributed by atoms with E-state index < -0.39 is 0 Å². The molecule has 0 unspecified atom stereocenters. The fourth-order valence-electron chi connectivity index (χ4n) is 1.88. The maximum atomic E-state index is 4.44. The average Bonchev–Trinajstić information content (AvgIpc) is 2.97. The van der Waals surface area contributed by atoms with Gasteiger partial charge in [-0.3, -0.25) is 0 Å². The number of hydrogen-bond donors (Lipinski definition) is 1. The molecule has 1 aromatic heterocycles. The molecule has 0 aliphatic heterocycles. The highest BCUT2D eigenvalue weighted by Crippen LogP contribution is 2.19. The lowest BCUT2D eigenvalue weighted by Crippen LogP contribution is -2.35. The normalized spacial score (nSPS) is 10.4. The van der Waals surface area contributed by atoms with Crippen molar-refractivity contribution in [1.29, 1.82) is 0 Å². The molecule has 0 spiro atoms. The number of nitrogens with one attached hydrogen (secondary N) is 1. The van der Waals surface area contributed by atoms with Crippen LogP contribution < -0.4 is 15.0 Å². The molecule has 1 heterocycles. The van der Waals surface area contributed by atoms with Crippen molar-refractivity contribution in [3.05, 3.63) is 54.6 Å². The van der Waals surface area contributed by atoms with Crippen LogP contribution in [0.25, 0.3) is 5.69 Å². The Kier molecular flexibility index (Phi) is 3.79. The molecule has 106 valence electrons. The van der Waals surface area contributed by atoms with Crippen LogP contribution in [-0.2, 0) is 0 Å². The molecule has 3 aromatic rings. The van der Waals surface area contributed by atoms with Crippen LogP contribution in [0.4, 0.5) is 16.5 Å². The first kappa shape index (κ1) is 13.5. The SMILES string of the molecule is CN(C)c1ccc(Nc2n[n+](-c3ccccc3)ns2)cc1. The summed E-state index contributed by atoms with van der Waals surface area (Å²) in [5, 5.41) is 8.46. The van der Waals surface area contributed by atoms with Gasteiger partial charge in [-0.2, -0.15) is 0 Å². The summed E-state index contributed by atoms with van der Waals surface area (Å²) in [5.74, 6) is 0. The number of nitrogens with zero attached hydrogens (tertiary/aromatic N) is 4. The molecule has 0 atom stereocenters. The van der Waals surface area contributed by atoms with E-state index in [0.29, 0.717) is 0 Å². The van der Waals surface area contributed by atoms with Crippen LogP contribution in [0.1, 0.15) is 0 Å². The van der Waals surface area contributed by atoms with Crippen LogP contribution in [0, 0.1) is 0 Å². The van der Waals surface area contributed by atoms with Gasteiger partial charge in [0.2, 0.25) is 0 Å². The van der Waals surface area contributed by atoms with Crippen LogP contribution >= 0.6 is 11.5 Å². The molecular formula is C15H16N5S+. The number of anilines is 3. The van der Waals surface area contributed by atoms with Gasteiger partial charge in [0.05, 0.1) is 21.4 Å². The maximum Gasteiger partial charge on any atom is 0.280 e. The fraction of sp³-hybridized carbons (Fsp3) is 0.133. The summed E-state index contributed by atoms with van der Waals surface area (Å²) in [7, 11) is 4.05. The van der Waals surface area contributed by atoms with Crippen LogP contribution in [0.2, 0.25) is 0 Å². The van der Waals surface area contributed by atoms with Gasteiger partial charge in [-0.1, -0.05) is 18.2 Å². The van der Waals surface area contributed by atoms with Crippen molar-refractivity contribution < 1.29 is 4.80 Å². The zero-order valence-electron chi connectivity index (χ0n) is 11.9. The van der Waals surface area contributed by atoms with E-state index in [0.717, 1.165) is 22.2 Å². The smallest absolute Gasteiger partial charge is 0.280 e.